The molecule has 0 aliphatic rings. The normalized spacial score (nSPS) is 15.4. The molecule has 0 aliphatic heterocycles. The molecule has 2 unspecified atom stereocenters. The predicted molar refractivity (Wildman–Crippen MR) is 75.8 cm³/mol. The smallest absolute Gasteiger partial charge is 0.0360 e. The Morgan fingerprint density at radius 3 is 1.81 bits per heavy atom. The van der Waals surface area contributed by atoms with Gasteiger partial charge in [0.25, 0.3) is 0 Å². The Morgan fingerprint density at radius 1 is 0.750 bits per heavy atom. The van der Waals surface area contributed by atoms with E-state index in [-0.39, 0.29) is 0 Å². The molecule has 0 spiro atoms. The molecule has 0 heterocycles. The summed E-state index contributed by atoms with van der Waals surface area (Å²) in [5.41, 5.74) is 0. The molecule has 0 bridgehead atoms. The molecule has 0 aliphatic carbocycles. The van der Waals surface area contributed by atoms with Crippen LogP contribution in [0.2, 0.25) is 0 Å². The predicted octanol–water partition coefficient (Wildman–Crippen LogP) is 6.06. The first kappa shape index (κ1) is 16.0. The molecule has 0 aromatic heterocycles. The van der Waals surface area contributed by atoms with Crippen molar-refractivity contribution in [2.24, 2.45) is 17.8 Å². The van der Waals surface area contributed by atoms with Gasteiger partial charge >= 0.3 is 0 Å². The van der Waals surface area contributed by atoms with E-state index in [0.29, 0.717) is 0 Å². The lowest BCUT2D eigenvalue weighted by molar-refractivity contribution is 0.202. The van der Waals surface area contributed by atoms with E-state index in [2.05, 4.69) is 34.6 Å². The van der Waals surface area contributed by atoms with Crippen molar-refractivity contribution >= 4 is 0 Å². The van der Waals surface area contributed by atoms with Gasteiger partial charge in [0.1, 0.15) is 0 Å². The second-order valence-electron chi connectivity index (χ2n) is 5.48. The highest BCUT2D eigenvalue weighted by Gasteiger charge is 2.22. The summed E-state index contributed by atoms with van der Waals surface area (Å²) in [7, 11) is 0. The van der Waals surface area contributed by atoms with E-state index in [0.717, 1.165) is 17.8 Å². The number of unbranched alkanes of at least 4 members (excludes halogenated alkanes) is 3. The first-order valence-corrected chi connectivity index (χ1v) is 7.71. The van der Waals surface area contributed by atoms with Gasteiger partial charge in [-0.05, 0) is 24.2 Å². The third kappa shape index (κ3) is 5.92. The Balaban J connectivity index is 4.09. The van der Waals surface area contributed by atoms with Gasteiger partial charge < -0.3 is 0 Å². The van der Waals surface area contributed by atoms with Crippen molar-refractivity contribution in [2.75, 3.05) is 0 Å². The monoisotopic (exact) mass is 226 g/mol. The Morgan fingerprint density at radius 2 is 1.38 bits per heavy atom. The van der Waals surface area contributed by atoms with Gasteiger partial charge in [0.15, 0.2) is 0 Å². The summed E-state index contributed by atoms with van der Waals surface area (Å²) in [6.07, 6.45) is 11.3. The van der Waals surface area contributed by atoms with E-state index in [9.17, 15) is 0 Å². The van der Waals surface area contributed by atoms with Crippen LogP contribution in [0.5, 0.6) is 0 Å². The fraction of sp³-hybridized carbons (Fsp3) is 1.00. The van der Waals surface area contributed by atoms with E-state index < -0.39 is 0 Å². The van der Waals surface area contributed by atoms with Gasteiger partial charge in [-0.25, -0.2) is 0 Å². The van der Waals surface area contributed by atoms with E-state index in [1.54, 1.807) is 0 Å². The van der Waals surface area contributed by atoms with E-state index in [1.165, 1.54) is 51.4 Å². The lowest BCUT2D eigenvalue weighted by Crippen LogP contribution is -2.21. The average molecular weight is 226 g/mol. The second-order valence-corrected chi connectivity index (χ2v) is 5.48. The van der Waals surface area contributed by atoms with Gasteiger partial charge in [0.2, 0.25) is 0 Å². The van der Waals surface area contributed by atoms with Crippen LogP contribution < -0.4 is 0 Å². The van der Waals surface area contributed by atoms with Crippen LogP contribution in [-0.2, 0) is 0 Å². The number of hydrogen-bond acceptors (Lipinski definition) is 0. The molecule has 0 aromatic carbocycles. The maximum absolute atomic E-state index is 2.46. The average Bonchev–Trinajstić information content (AvgIpc) is 2.32. The van der Waals surface area contributed by atoms with Crippen molar-refractivity contribution in [1.29, 1.82) is 0 Å². The Hall–Kier alpha value is 0. The largest absolute Gasteiger partial charge is 0.0654 e. The van der Waals surface area contributed by atoms with Crippen molar-refractivity contribution in [3.63, 3.8) is 0 Å². The summed E-state index contributed by atoms with van der Waals surface area (Å²) in [5.74, 6) is 2.87. The maximum Gasteiger partial charge on any atom is -0.0360 e. The highest BCUT2D eigenvalue weighted by molar-refractivity contribution is 4.73. The standard InChI is InChI=1S/C16H34/c1-6-10-11-12-13-16(14(5)7-2)15(8-3)9-4/h14-16H,6-13H2,1-5H3. The molecule has 0 saturated heterocycles. The third-order valence-electron chi connectivity index (χ3n) is 4.42. The van der Waals surface area contributed by atoms with Gasteiger partial charge in [0.05, 0.1) is 0 Å². The summed E-state index contributed by atoms with van der Waals surface area (Å²) >= 11 is 0. The van der Waals surface area contributed by atoms with Gasteiger partial charge in [-0.1, -0.05) is 79.6 Å². The maximum atomic E-state index is 2.46. The van der Waals surface area contributed by atoms with Gasteiger partial charge in [-0.3, -0.25) is 0 Å². The minimum absolute atomic E-state index is 0.923. The second kappa shape index (κ2) is 10.2. The van der Waals surface area contributed by atoms with E-state index in [4.69, 9.17) is 0 Å². The van der Waals surface area contributed by atoms with Gasteiger partial charge in [-0.15, -0.1) is 0 Å². The Labute approximate surface area is 104 Å². The quantitative estimate of drug-likeness (QED) is 0.397. The molecule has 0 rings (SSSR count). The number of hydrogen-bond donors (Lipinski definition) is 0. The number of rotatable bonds is 10. The van der Waals surface area contributed by atoms with Crippen LogP contribution in [0.25, 0.3) is 0 Å². The van der Waals surface area contributed by atoms with Crippen molar-refractivity contribution in [3.8, 4) is 0 Å². The lowest BCUT2D eigenvalue weighted by atomic mass is 9.75. The zero-order valence-corrected chi connectivity index (χ0v) is 12.4. The molecule has 0 radical (unpaired) electrons. The van der Waals surface area contributed by atoms with E-state index in [1.807, 2.05) is 0 Å². The molecular weight excluding hydrogens is 192 g/mol. The van der Waals surface area contributed by atoms with Crippen LogP contribution in [0.4, 0.5) is 0 Å². The van der Waals surface area contributed by atoms with Crippen LogP contribution >= 0.6 is 0 Å². The zero-order chi connectivity index (χ0) is 12.4. The third-order valence-corrected chi connectivity index (χ3v) is 4.42. The summed E-state index contributed by atoms with van der Waals surface area (Å²) in [6, 6.07) is 0. The zero-order valence-electron chi connectivity index (χ0n) is 12.4. The summed E-state index contributed by atoms with van der Waals surface area (Å²) in [6.45, 7) is 11.9. The summed E-state index contributed by atoms with van der Waals surface area (Å²) < 4.78 is 0. The fourth-order valence-electron chi connectivity index (χ4n) is 2.99. The molecular formula is C16H34. The molecule has 0 fully saturated rings. The lowest BCUT2D eigenvalue weighted by Gasteiger charge is -2.30. The van der Waals surface area contributed by atoms with Crippen LogP contribution in [-0.4, -0.2) is 0 Å². The molecule has 0 nitrogen and oxygen atoms in total. The van der Waals surface area contributed by atoms with Crippen molar-refractivity contribution in [1.82, 2.24) is 0 Å². The molecule has 0 saturated carbocycles. The fourth-order valence-corrected chi connectivity index (χ4v) is 2.99. The molecule has 0 heteroatoms. The van der Waals surface area contributed by atoms with Crippen molar-refractivity contribution in [2.45, 2.75) is 86.0 Å². The molecule has 98 valence electrons. The SMILES string of the molecule is CCCCCCC(C(C)CC)C(CC)CC. The van der Waals surface area contributed by atoms with Crippen LogP contribution in [0.15, 0.2) is 0 Å². The Bertz CT molecular complexity index is 135. The van der Waals surface area contributed by atoms with Gasteiger partial charge in [-0.2, -0.15) is 0 Å². The van der Waals surface area contributed by atoms with Crippen LogP contribution in [0, 0.1) is 17.8 Å². The molecule has 0 N–H and O–H groups in total. The molecule has 0 amide bonds. The van der Waals surface area contributed by atoms with Gasteiger partial charge in [0, 0.05) is 0 Å². The molecule has 16 heavy (non-hydrogen) atoms. The highest BCUT2D eigenvalue weighted by atomic mass is 14.3. The summed E-state index contributed by atoms with van der Waals surface area (Å²) in [5, 5.41) is 0. The topological polar surface area (TPSA) is 0 Å². The first-order chi connectivity index (χ1) is 7.71. The minimum atomic E-state index is 0.923. The molecule has 0 aromatic rings. The van der Waals surface area contributed by atoms with E-state index >= 15 is 0 Å². The van der Waals surface area contributed by atoms with Crippen LogP contribution in [0.1, 0.15) is 86.0 Å². The van der Waals surface area contributed by atoms with Crippen LogP contribution in [0.3, 0.4) is 0 Å². The highest BCUT2D eigenvalue weighted by Crippen LogP contribution is 2.32. The molecule has 2 atom stereocenters. The summed E-state index contributed by atoms with van der Waals surface area (Å²) in [4.78, 5) is 0. The van der Waals surface area contributed by atoms with Crippen molar-refractivity contribution < 1.29 is 0 Å². The van der Waals surface area contributed by atoms with Crippen molar-refractivity contribution in [3.05, 3.63) is 0 Å². The minimum Gasteiger partial charge on any atom is -0.0654 e. The first-order valence-electron chi connectivity index (χ1n) is 7.71. The Kier molecular flexibility index (Phi) is 10.2.